The fourth-order valence-electron chi connectivity index (χ4n) is 3.54. The molecule has 1 unspecified atom stereocenters. The van der Waals surface area contributed by atoms with Crippen LogP contribution in [-0.4, -0.2) is 70.8 Å². The van der Waals surface area contributed by atoms with Crippen LogP contribution in [0.15, 0.2) is 56.2 Å². The molecule has 1 rings (SSSR count). The summed E-state index contributed by atoms with van der Waals surface area (Å²) in [5.74, 6) is 0.716. The number of hydrogen-bond acceptors (Lipinski definition) is 7. The maximum atomic E-state index is 11.3. The van der Waals surface area contributed by atoms with Crippen LogP contribution < -0.4 is 30.7 Å². The monoisotopic (exact) mass is 558 g/mol. The lowest BCUT2D eigenvalue weighted by molar-refractivity contribution is -0.117. The van der Waals surface area contributed by atoms with Gasteiger partial charge in [0.25, 0.3) is 0 Å². The molecule has 0 saturated heterocycles. The van der Waals surface area contributed by atoms with Crippen LogP contribution in [0.5, 0.6) is 11.5 Å². The highest BCUT2D eigenvalue weighted by Gasteiger charge is 2.15. The Bertz CT molecular complexity index is 937. The Kier molecular flexibility index (Phi) is 19.1. The van der Waals surface area contributed by atoms with Gasteiger partial charge in [-0.25, -0.2) is 0 Å². The van der Waals surface area contributed by atoms with Crippen LogP contribution in [0, 0.1) is 0 Å². The third kappa shape index (κ3) is 15.7. The normalized spacial score (nSPS) is 11.1. The van der Waals surface area contributed by atoms with Gasteiger partial charge in [0.05, 0.1) is 19.3 Å². The Balaban J connectivity index is 2.73. The predicted octanol–water partition coefficient (Wildman–Crippen LogP) is 2.97. The first-order chi connectivity index (χ1) is 19.4. The van der Waals surface area contributed by atoms with Crippen molar-refractivity contribution < 1.29 is 28.6 Å². The van der Waals surface area contributed by atoms with E-state index in [1.165, 1.54) is 18.2 Å². The number of carbonyl (C=O) groups excluding carboxylic acids is 3. The van der Waals surface area contributed by atoms with Gasteiger partial charge in [0.15, 0.2) is 11.5 Å². The third-order valence-corrected chi connectivity index (χ3v) is 5.73. The molecule has 10 heteroatoms. The summed E-state index contributed by atoms with van der Waals surface area (Å²) in [5, 5.41) is 11.5. The van der Waals surface area contributed by atoms with Gasteiger partial charge in [0, 0.05) is 32.8 Å². The smallest absolute Gasteiger partial charge is 0.243 e. The van der Waals surface area contributed by atoms with Crippen molar-refractivity contribution in [1.29, 1.82) is 0 Å². The van der Waals surface area contributed by atoms with Crippen LogP contribution in [0.25, 0.3) is 0 Å². The first kappa shape index (κ1) is 34.4. The van der Waals surface area contributed by atoms with E-state index in [9.17, 15) is 14.4 Å². The molecule has 4 N–H and O–H groups in total. The van der Waals surface area contributed by atoms with Gasteiger partial charge in [0.2, 0.25) is 17.7 Å². The van der Waals surface area contributed by atoms with Crippen LogP contribution in [0.2, 0.25) is 0 Å². The van der Waals surface area contributed by atoms with Crippen molar-refractivity contribution in [2.75, 3.05) is 53.0 Å². The molecule has 1 aromatic rings. The molecule has 0 fully saturated rings. The van der Waals surface area contributed by atoms with Gasteiger partial charge in [-0.1, -0.05) is 25.8 Å². The summed E-state index contributed by atoms with van der Waals surface area (Å²) in [6.45, 7) is 14.1. The van der Waals surface area contributed by atoms with Crippen molar-refractivity contribution in [3.05, 3.63) is 61.7 Å². The summed E-state index contributed by atoms with van der Waals surface area (Å²) in [4.78, 5) is 33.8. The lowest BCUT2D eigenvalue weighted by atomic mass is 10.1. The van der Waals surface area contributed by atoms with Gasteiger partial charge >= 0.3 is 0 Å². The zero-order valence-electron chi connectivity index (χ0n) is 23.8. The lowest BCUT2D eigenvalue weighted by Crippen LogP contribution is -2.23. The summed E-state index contributed by atoms with van der Waals surface area (Å²) in [5.41, 5.74) is 0.960. The lowest BCUT2D eigenvalue weighted by Gasteiger charge is -2.21. The van der Waals surface area contributed by atoms with Gasteiger partial charge < -0.3 is 35.5 Å². The number of rotatable bonds is 24. The topological polar surface area (TPSA) is 127 Å². The molecule has 0 aromatic heterocycles. The van der Waals surface area contributed by atoms with E-state index >= 15 is 0 Å². The molecule has 0 aliphatic rings. The van der Waals surface area contributed by atoms with E-state index in [0.717, 1.165) is 44.1 Å². The molecule has 10 nitrogen and oxygen atoms in total. The average Bonchev–Trinajstić information content (AvgIpc) is 2.97. The molecule has 1 atom stereocenters. The number of carbonyl (C=O) groups is 3. The number of nitrogens with one attached hydrogen (secondary N) is 4. The van der Waals surface area contributed by atoms with Gasteiger partial charge in [-0.3, -0.25) is 14.4 Å². The second kappa shape index (κ2) is 22.2. The molecule has 0 saturated carbocycles. The fourth-order valence-corrected chi connectivity index (χ4v) is 3.54. The van der Waals surface area contributed by atoms with Crippen molar-refractivity contribution in [1.82, 2.24) is 21.3 Å². The molecule has 3 amide bonds. The quantitative estimate of drug-likeness (QED) is 0.114. The number of ether oxygens (including phenoxy) is 3. The minimum Gasteiger partial charge on any atom is -0.490 e. The third-order valence-electron chi connectivity index (χ3n) is 5.73. The maximum absolute atomic E-state index is 11.3. The van der Waals surface area contributed by atoms with Crippen molar-refractivity contribution in [3.63, 3.8) is 0 Å². The Morgan fingerprint density at radius 2 is 1.20 bits per heavy atom. The largest absolute Gasteiger partial charge is 0.490 e. The van der Waals surface area contributed by atoms with Crippen LogP contribution in [0.1, 0.15) is 50.2 Å². The van der Waals surface area contributed by atoms with Crippen LogP contribution in [0.4, 0.5) is 0 Å². The molecular weight excluding hydrogens is 512 g/mol. The van der Waals surface area contributed by atoms with Gasteiger partial charge in [0.1, 0.15) is 0 Å². The molecule has 40 heavy (non-hydrogen) atoms. The van der Waals surface area contributed by atoms with Crippen molar-refractivity contribution in [2.24, 2.45) is 0 Å². The Hall–Kier alpha value is -3.63. The molecule has 0 spiro atoms. The van der Waals surface area contributed by atoms with Crippen molar-refractivity contribution in [3.8, 4) is 11.5 Å². The van der Waals surface area contributed by atoms with Crippen molar-refractivity contribution in [2.45, 2.75) is 44.6 Å². The van der Waals surface area contributed by atoms with E-state index in [4.69, 9.17) is 14.2 Å². The van der Waals surface area contributed by atoms with Gasteiger partial charge in [-0.2, -0.15) is 0 Å². The summed E-state index contributed by atoms with van der Waals surface area (Å²) < 4.78 is 18.3. The molecule has 0 bridgehead atoms. The first-order valence-electron chi connectivity index (χ1n) is 13.8. The van der Waals surface area contributed by atoms with E-state index in [1.807, 2.05) is 25.2 Å². The summed E-state index contributed by atoms with van der Waals surface area (Å²) >= 11 is 0. The SMILES string of the molecule is C=CC(=O)NCCCCOc1ccc(C(CNC)OCCCCNC(=O)C=C)cc1OCCCCNC(=O)C=C. The fraction of sp³-hybridized carbons (Fsp3) is 0.500. The zero-order chi connectivity index (χ0) is 29.4. The molecule has 0 aliphatic carbocycles. The zero-order valence-corrected chi connectivity index (χ0v) is 23.8. The second-order valence-corrected chi connectivity index (χ2v) is 8.93. The number of hydrogen-bond donors (Lipinski definition) is 4. The molecule has 222 valence electrons. The second-order valence-electron chi connectivity index (χ2n) is 8.93. The minimum absolute atomic E-state index is 0.176. The Morgan fingerprint density at radius 1 is 0.725 bits per heavy atom. The molecule has 0 aliphatic heterocycles. The maximum Gasteiger partial charge on any atom is 0.243 e. The van der Waals surface area contributed by atoms with Crippen LogP contribution >= 0.6 is 0 Å². The number of likely N-dealkylation sites (N-methyl/N-ethyl adjacent to an activating group) is 1. The van der Waals surface area contributed by atoms with Gasteiger partial charge in [-0.05, 0) is 81.5 Å². The Morgan fingerprint density at radius 3 is 1.68 bits per heavy atom. The first-order valence-corrected chi connectivity index (χ1v) is 13.8. The molecule has 0 radical (unpaired) electrons. The van der Waals surface area contributed by atoms with Crippen LogP contribution in [-0.2, 0) is 19.1 Å². The van der Waals surface area contributed by atoms with Crippen LogP contribution in [0.3, 0.4) is 0 Å². The van der Waals surface area contributed by atoms with Crippen molar-refractivity contribution >= 4 is 17.7 Å². The minimum atomic E-state index is -0.189. The predicted molar refractivity (Wildman–Crippen MR) is 157 cm³/mol. The highest BCUT2D eigenvalue weighted by atomic mass is 16.5. The Labute approximate surface area is 238 Å². The molecule has 1 aromatic carbocycles. The molecule has 0 heterocycles. The van der Waals surface area contributed by atoms with E-state index in [1.54, 1.807) is 0 Å². The highest BCUT2D eigenvalue weighted by Crippen LogP contribution is 2.32. The van der Waals surface area contributed by atoms with E-state index < -0.39 is 0 Å². The number of unbranched alkanes of at least 4 members (excludes halogenated alkanes) is 3. The summed E-state index contributed by atoms with van der Waals surface area (Å²) in [7, 11) is 1.87. The van der Waals surface area contributed by atoms with E-state index in [-0.39, 0.29) is 23.8 Å². The summed E-state index contributed by atoms with van der Waals surface area (Å²) in [6, 6.07) is 5.82. The van der Waals surface area contributed by atoms with Gasteiger partial charge in [-0.15, -0.1) is 0 Å². The standard InChI is InChI=1S/C30H46N4O6/c1-5-28(35)32-16-8-11-19-38-25-15-14-24(22-26(25)39-20-12-9-17-33-29(36)6-2)27(23-31-4)40-21-13-10-18-34-30(37)7-3/h5-7,14-15,22,27,31H,1-3,8-13,16-21,23H2,4H3,(H,32,35)(H,33,36)(H,34,37). The van der Waals surface area contributed by atoms with E-state index in [2.05, 4.69) is 41.0 Å². The average molecular weight is 559 g/mol. The summed E-state index contributed by atoms with van der Waals surface area (Å²) in [6.07, 6.45) is 8.25. The number of benzene rings is 1. The number of amides is 3. The highest BCUT2D eigenvalue weighted by molar-refractivity contribution is 5.87. The van der Waals surface area contributed by atoms with E-state index in [0.29, 0.717) is 57.5 Å². The molecular formula is C30H46N4O6.